The first-order valence-electron chi connectivity index (χ1n) is 8.55. The SMILES string of the molecule is CCc1ccc(-c2csc(/C(C#N)=C/c3ccc(N(C)C)cc3)n2)cc1. The number of hydrogen-bond donors (Lipinski definition) is 0. The summed E-state index contributed by atoms with van der Waals surface area (Å²) in [5.41, 5.74) is 6.02. The highest BCUT2D eigenvalue weighted by molar-refractivity contribution is 7.11. The zero-order valence-corrected chi connectivity index (χ0v) is 16.0. The quantitative estimate of drug-likeness (QED) is 0.565. The Labute approximate surface area is 158 Å². The predicted molar refractivity (Wildman–Crippen MR) is 111 cm³/mol. The van der Waals surface area contributed by atoms with Gasteiger partial charge in [-0.15, -0.1) is 11.3 Å². The van der Waals surface area contributed by atoms with Crippen LogP contribution in [0.5, 0.6) is 0 Å². The number of allylic oxidation sites excluding steroid dienone is 1. The fourth-order valence-corrected chi connectivity index (χ4v) is 3.41. The van der Waals surface area contributed by atoms with Crippen molar-refractivity contribution < 1.29 is 0 Å². The molecule has 0 fully saturated rings. The first-order valence-corrected chi connectivity index (χ1v) is 9.43. The van der Waals surface area contributed by atoms with Gasteiger partial charge in [0.05, 0.1) is 11.3 Å². The van der Waals surface area contributed by atoms with Gasteiger partial charge in [0.15, 0.2) is 0 Å². The summed E-state index contributed by atoms with van der Waals surface area (Å²) in [5, 5.41) is 12.3. The monoisotopic (exact) mass is 359 g/mol. The summed E-state index contributed by atoms with van der Waals surface area (Å²) in [5.74, 6) is 0. The summed E-state index contributed by atoms with van der Waals surface area (Å²) in [4.78, 5) is 6.72. The third-order valence-electron chi connectivity index (χ3n) is 4.23. The van der Waals surface area contributed by atoms with Gasteiger partial charge in [-0.1, -0.05) is 43.3 Å². The van der Waals surface area contributed by atoms with E-state index in [4.69, 9.17) is 0 Å². The fourth-order valence-electron chi connectivity index (χ4n) is 2.62. The van der Waals surface area contributed by atoms with E-state index < -0.39 is 0 Å². The van der Waals surface area contributed by atoms with Crippen molar-refractivity contribution in [1.82, 2.24) is 4.98 Å². The molecule has 0 aliphatic carbocycles. The van der Waals surface area contributed by atoms with Gasteiger partial charge in [-0.2, -0.15) is 5.26 Å². The van der Waals surface area contributed by atoms with Gasteiger partial charge in [-0.05, 0) is 35.8 Å². The second-order valence-electron chi connectivity index (χ2n) is 6.24. The van der Waals surface area contributed by atoms with E-state index in [-0.39, 0.29) is 0 Å². The van der Waals surface area contributed by atoms with E-state index in [9.17, 15) is 5.26 Å². The van der Waals surface area contributed by atoms with Crippen LogP contribution in [-0.4, -0.2) is 19.1 Å². The van der Waals surface area contributed by atoms with Crippen LogP contribution in [0.15, 0.2) is 53.9 Å². The Morgan fingerprint density at radius 3 is 2.38 bits per heavy atom. The van der Waals surface area contributed by atoms with Crippen LogP contribution >= 0.6 is 11.3 Å². The molecule has 0 aliphatic heterocycles. The molecule has 2 aromatic carbocycles. The van der Waals surface area contributed by atoms with Crippen LogP contribution in [0.25, 0.3) is 22.9 Å². The Kier molecular flexibility index (Phi) is 5.50. The number of hydrogen-bond acceptors (Lipinski definition) is 4. The van der Waals surface area contributed by atoms with E-state index in [1.54, 1.807) is 0 Å². The number of thiazole rings is 1. The summed E-state index contributed by atoms with van der Waals surface area (Å²) in [6.07, 6.45) is 2.92. The average Bonchev–Trinajstić information content (AvgIpc) is 3.16. The molecule has 3 nitrogen and oxygen atoms in total. The lowest BCUT2D eigenvalue weighted by Gasteiger charge is -2.11. The van der Waals surface area contributed by atoms with Crippen LogP contribution in [0, 0.1) is 11.3 Å². The molecule has 0 spiro atoms. The normalized spacial score (nSPS) is 11.2. The second-order valence-corrected chi connectivity index (χ2v) is 7.10. The molecule has 130 valence electrons. The molecule has 1 aromatic heterocycles. The third-order valence-corrected chi connectivity index (χ3v) is 5.11. The molecular weight excluding hydrogens is 338 g/mol. The molecule has 0 saturated heterocycles. The number of aromatic nitrogens is 1. The molecule has 0 N–H and O–H groups in total. The Balaban J connectivity index is 1.86. The number of nitrogens with zero attached hydrogens (tertiary/aromatic N) is 3. The van der Waals surface area contributed by atoms with Crippen molar-refractivity contribution >= 4 is 28.7 Å². The highest BCUT2D eigenvalue weighted by atomic mass is 32.1. The largest absolute Gasteiger partial charge is 0.378 e. The first-order chi connectivity index (χ1) is 12.6. The minimum Gasteiger partial charge on any atom is -0.378 e. The highest BCUT2D eigenvalue weighted by Gasteiger charge is 2.09. The maximum atomic E-state index is 9.57. The van der Waals surface area contributed by atoms with Crippen LogP contribution in [-0.2, 0) is 6.42 Å². The van der Waals surface area contributed by atoms with Crippen molar-refractivity contribution in [3.8, 4) is 17.3 Å². The van der Waals surface area contributed by atoms with Gasteiger partial charge in [-0.25, -0.2) is 4.98 Å². The molecule has 0 unspecified atom stereocenters. The Bertz CT molecular complexity index is 942. The van der Waals surface area contributed by atoms with Gasteiger partial charge in [-0.3, -0.25) is 0 Å². The van der Waals surface area contributed by atoms with Crippen LogP contribution < -0.4 is 4.90 Å². The van der Waals surface area contributed by atoms with E-state index in [0.717, 1.165) is 33.9 Å². The van der Waals surface area contributed by atoms with Crippen LogP contribution in [0.3, 0.4) is 0 Å². The second kappa shape index (κ2) is 7.99. The van der Waals surface area contributed by atoms with Gasteiger partial charge in [0.2, 0.25) is 0 Å². The van der Waals surface area contributed by atoms with E-state index in [1.807, 2.05) is 49.8 Å². The Morgan fingerprint density at radius 2 is 1.81 bits per heavy atom. The number of rotatable bonds is 5. The van der Waals surface area contributed by atoms with Crippen LogP contribution in [0.4, 0.5) is 5.69 Å². The van der Waals surface area contributed by atoms with E-state index in [1.165, 1.54) is 16.9 Å². The lowest BCUT2D eigenvalue weighted by Crippen LogP contribution is -2.07. The number of anilines is 1. The maximum Gasteiger partial charge on any atom is 0.134 e. The van der Waals surface area contributed by atoms with Crippen molar-refractivity contribution in [2.24, 2.45) is 0 Å². The van der Waals surface area contributed by atoms with Crippen molar-refractivity contribution in [3.05, 3.63) is 70.0 Å². The van der Waals surface area contributed by atoms with Crippen molar-refractivity contribution in [2.75, 3.05) is 19.0 Å². The Morgan fingerprint density at radius 1 is 1.12 bits per heavy atom. The van der Waals surface area contributed by atoms with Crippen molar-refractivity contribution in [2.45, 2.75) is 13.3 Å². The predicted octanol–water partition coefficient (Wildman–Crippen LogP) is 5.50. The molecule has 3 rings (SSSR count). The molecule has 0 atom stereocenters. The highest BCUT2D eigenvalue weighted by Crippen LogP contribution is 2.27. The van der Waals surface area contributed by atoms with Gasteiger partial charge >= 0.3 is 0 Å². The molecular formula is C22H21N3S. The lowest BCUT2D eigenvalue weighted by molar-refractivity contribution is 1.13. The van der Waals surface area contributed by atoms with Crippen molar-refractivity contribution in [3.63, 3.8) is 0 Å². The average molecular weight is 359 g/mol. The zero-order chi connectivity index (χ0) is 18.5. The number of nitriles is 1. The Hall–Kier alpha value is -2.90. The zero-order valence-electron chi connectivity index (χ0n) is 15.2. The topological polar surface area (TPSA) is 39.9 Å². The third kappa shape index (κ3) is 4.01. The molecule has 1 heterocycles. The summed E-state index contributed by atoms with van der Waals surface area (Å²) >= 11 is 1.50. The van der Waals surface area contributed by atoms with E-state index >= 15 is 0 Å². The van der Waals surface area contributed by atoms with Gasteiger partial charge in [0.1, 0.15) is 11.1 Å². The van der Waals surface area contributed by atoms with Gasteiger partial charge < -0.3 is 4.90 Å². The molecule has 26 heavy (non-hydrogen) atoms. The summed E-state index contributed by atoms with van der Waals surface area (Å²) in [7, 11) is 4.02. The molecule has 0 saturated carbocycles. The first kappa shape index (κ1) is 17.9. The molecule has 0 aliphatic rings. The smallest absolute Gasteiger partial charge is 0.134 e. The molecule has 0 radical (unpaired) electrons. The van der Waals surface area contributed by atoms with Crippen LogP contribution in [0.1, 0.15) is 23.1 Å². The summed E-state index contributed by atoms with van der Waals surface area (Å²) in [6, 6.07) is 18.8. The number of benzene rings is 2. The molecule has 3 aromatic rings. The number of aryl methyl sites for hydroxylation is 1. The minimum atomic E-state index is 0.587. The van der Waals surface area contributed by atoms with E-state index in [2.05, 4.69) is 47.1 Å². The summed E-state index contributed by atoms with van der Waals surface area (Å²) in [6.45, 7) is 2.14. The standard InChI is InChI=1S/C22H21N3S/c1-4-16-5-9-18(10-6-16)21-15-26-22(24-21)19(14-23)13-17-7-11-20(12-8-17)25(2)3/h5-13,15H,4H2,1-3H3/b19-13+. The lowest BCUT2D eigenvalue weighted by atomic mass is 10.1. The fraction of sp³-hybridized carbons (Fsp3) is 0.182. The minimum absolute atomic E-state index is 0.587. The van der Waals surface area contributed by atoms with Crippen LogP contribution in [0.2, 0.25) is 0 Å². The van der Waals surface area contributed by atoms with Gasteiger partial charge in [0.25, 0.3) is 0 Å². The van der Waals surface area contributed by atoms with Crippen molar-refractivity contribution in [1.29, 1.82) is 5.26 Å². The molecule has 4 heteroatoms. The van der Waals surface area contributed by atoms with Gasteiger partial charge in [0, 0.05) is 30.7 Å². The summed E-state index contributed by atoms with van der Waals surface area (Å²) < 4.78 is 0. The maximum absolute atomic E-state index is 9.57. The molecule has 0 bridgehead atoms. The van der Waals surface area contributed by atoms with E-state index in [0.29, 0.717) is 5.57 Å². The molecule has 0 amide bonds.